The summed E-state index contributed by atoms with van der Waals surface area (Å²) in [6.45, 7) is 0.351. The number of hydrogen-bond donors (Lipinski definition) is 2. The molecule has 7 heteroatoms. The lowest BCUT2D eigenvalue weighted by Gasteiger charge is -2.47. The van der Waals surface area contributed by atoms with Gasteiger partial charge in [-0.05, 0) is 43.4 Å². The fourth-order valence-electron chi connectivity index (χ4n) is 3.28. The molecule has 1 fully saturated rings. The van der Waals surface area contributed by atoms with Crippen molar-refractivity contribution in [2.75, 3.05) is 23.7 Å². The van der Waals surface area contributed by atoms with Crippen LogP contribution in [0.3, 0.4) is 0 Å². The van der Waals surface area contributed by atoms with Gasteiger partial charge in [-0.1, -0.05) is 12.2 Å². The van der Waals surface area contributed by atoms with Gasteiger partial charge in [0.2, 0.25) is 0 Å². The van der Waals surface area contributed by atoms with Crippen LogP contribution in [-0.2, 0) is 4.74 Å². The molecule has 0 saturated carbocycles. The average molecular weight is 355 g/mol. The number of carbonyl (C=O) groups is 1. The molecule has 24 heavy (non-hydrogen) atoms. The Bertz CT molecular complexity index is 677. The molecule has 5 nitrogen and oxygen atoms in total. The molecule has 1 unspecified atom stereocenters. The van der Waals surface area contributed by atoms with E-state index in [1.165, 1.54) is 17.5 Å². The summed E-state index contributed by atoms with van der Waals surface area (Å²) < 4.78 is 41.6. The third-order valence-electron chi connectivity index (χ3n) is 4.57. The highest BCUT2D eigenvalue weighted by Crippen LogP contribution is 2.51. The van der Waals surface area contributed by atoms with E-state index < -0.39 is 22.6 Å². The number of allylic oxidation sites excluding steroid dienone is 2. The number of halogens is 1. The first-order chi connectivity index (χ1) is 11.4. The van der Waals surface area contributed by atoms with Gasteiger partial charge in [0.05, 0.1) is 24.1 Å². The zero-order chi connectivity index (χ0) is 17.3. The van der Waals surface area contributed by atoms with Gasteiger partial charge in [0.1, 0.15) is 0 Å². The minimum atomic E-state index is -3.07. The van der Waals surface area contributed by atoms with Crippen molar-refractivity contribution in [3.8, 4) is 0 Å². The van der Waals surface area contributed by atoms with E-state index in [9.17, 15) is 18.3 Å². The van der Waals surface area contributed by atoms with Crippen molar-refractivity contribution in [1.29, 1.82) is 0 Å². The van der Waals surface area contributed by atoms with Gasteiger partial charge < -0.3 is 4.74 Å². The minimum Gasteiger partial charge on any atom is -0.465 e. The van der Waals surface area contributed by atoms with Crippen LogP contribution in [0.25, 0.3) is 0 Å². The Balaban J connectivity index is 2.11. The number of anilines is 1. The topological polar surface area (TPSA) is 70.0 Å². The molecule has 1 aliphatic heterocycles. The summed E-state index contributed by atoms with van der Waals surface area (Å²) in [4.78, 5) is 12.0. The fourth-order valence-corrected chi connectivity index (χ4v) is 4.96. The highest BCUT2D eigenvalue weighted by atomic mass is 32.3. The van der Waals surface area contributed by atoms with Crippen LogP contribution in [-0.4, -0.2) is 34.5 Å². The molecule has 0 spiro atoms. The summed E-state index contributed by atoms with van der Waals surface area (Å²) >= 11 is 0. The van der Waals surface area contributed by atoms with E-state index in [0.717, 1.165) is 24.8 Å². The van der Waals surface area contributed by atoms with Crippen molar-refractivity contribution in [2.24, 2.45) is 0 Å². The maximum absolute atomic E-state index is 14.9. The maximum atomic E-state index is 14.9. The standard InChI is InChI=1S/C17H22FNO4S/c1-23-17(20)14-10-13(12-6-2-3-7-12)11-15(16(14)18)19-8-4-5-9-24(19,21)22/h2,6,10-12,21-22H,3-5,7-9H2,1H3. The Labute approximate surface area is 142 Å². The summed E-state index contributed by atoms with van der Waals surface area (Å²) in [5.74, 6) is -1.20. The summed E-state index contributed by atoms with van der Waals surface area (Å²) in [6.07, 6.45) is 7.35. The molecular formula is C17H22FNO4S. The second kappa shape index (κ2) is 6.74. The van der Waals surface area contributed by atoms with Crippen LogP contribution in [0.1, 0.15) is 47.5 Å². The van der Waals surface area contributed by atoms with Gasteiger partial charge in [-0.3, -0.25) is 13.4 Å². The van der Waals surface area contributed by atoms with Crippen LogP contribution in [0.2, 0.25) is 0 Å². The van der Waals surface area contributed by atoms with Crippen LogP contribution < -0.4 is 4.31 Å². The summed E-state index contributed by atoms with van der Waals surface area (Å²) in [5, 5.41) is 0. The molecule has 3 rings (SSSR count). The molecular weight excluding hydrogens is 333 g/mol. The third kappa shape index (κ3) is 3.16. The number of carbonyl (C=O) groups excluding carboxylic acids is 1. The van der Waals surface area contributed by atoms with Gasteiger partial charge in [-0.2, -0.15) is 0 Å². The Kier molecular flexibility index (Phi) is 4.85. The summed E-state index contributed by atoms with van der Waals surface area (Å²) in [6, 6.07) is 3.16. The van der Waals surface area contributed by atoms with Gasteiger partial charge in [0, 0.05) is 12.5 Å². The second-order valence-corrected chi connectivity index (χ2v) is 8.26. The number of benzene rings is 1. The molecule has 1 aromatic carbocycles. The van der Waals surface area contributed by atoms with E-state index in [0.29, 0.717) is 13.0 Å². The first-order valence-corrected chi connectivity index (χ1v) is 9.73. The number of ether oxygens (including phenoxy) is 1. The second-order valence-electron chi connectivity index (χ2n) is 6.15. The van der Waals surface area contributed by atoms with E-state index in [4.69, 9.17) is 4.74 Å². The third-order valence-corrected chi connectivity index (χ3v) is 6.49. The zero-order valence-electron chi connectivity index (χ0n) is 13.6. The quantitative estimate of drug-likeness (QED) is 0.624. The predicted octanol–water partition coefficient (Wildman–Crippen LogP) is 4.31. The van der Waals surface area contributed by atoms with E-state index in [1.54, 1.807) is 6.07 Å². The maximum Gasteiger partial charge on any atom is 0.340 e. The Hall–Kier alpha value is -1.57. The SMILES string of the molecule is COC(=O)c1cc(C2C=CCC2)cc(N2CCCCS2(O)O)c1F. The van der Waals surface area contributed by atoms with E-state index >= 15 is 0 Å². The molecule has 0 amide bonds. The van der Waals surface area contributed by atoms with E-state index in [1.807, 2.05) is 6.08 Å². The Morgan fingerprint density at radius 2 is 2.17 bits per heavy atom. The van der Waals surface area contributed by atoms with E-state index in [-0.39, 0.29) is 22.9 Å². The lowest BCUT2D eigenvalue weighted by atomic mass is 9.95. The fraction of sp³-hybridized carbons (Fsp3) is 0.471. The molecule has 1 atom stereocenters. The van der Waals surface area contributed by atoms with Crippen molar-refractivity contribution in [2.45, 2.75) is 31.6 Å². The minimum absolute atomic E-state index is 0.0768. The normalized spacial score (nSPS) is 24.0. The largest absolute Gasteiger partial charge is 0.465 e. The van der Waals surface area contributed by atoms with Crippen LogP contribution in [0.15, 0.2) is 24.3 Å². The first-order valence-electron chi connectivity index (χ1n) is 8.06. The van der Waals surface area contributed by atoms with Crippen molar-refractivity contribution >= 4 is 22.4 Å². The molecule has 2 aliphatic rings. The van der Waals surface area contributed by atoms with Crippen molar-refractivity contribution in [3.05, 3.63) is 41.2 Å². The molecule has 2 N–H and O–H groups in total. The first kappa shape index (κ1) is 17.3. The average Bonchev–Trinajstić information content (AvgIpc) is 3.09. The molecule has 1 saturated heterocycles. The number of hydrogen-bond acceptors (Lipinski definition) is 5. The van der Waals surface area contributed by atoms with Crippen LogP contribution in [0, 0.1) is 5.82 Å². The van der Waals surface area contributed by atoms with Gasteiger partial charge in [-0.25, -0.2) is 9.18 Å². The molecule has 1 aromatic rings. The molecule has 0 bridgehead atoms. The molecule has 132 valence electrons. The molecule has 0 aromatic heterocycles. The number of nitrogens with zero attached hydrogens (tertiary/aromatic N) is 1. The lowest BCUT2D eigenvalue weighted by molar-refractivity contribution is 0.0595. The van der Waals surface area contributed by atoms with Crippen molar-refractivity contribution in [3.63, 3.8) is 0 Å². The van der Waals surface area contributed by atoms with Crippen molar-refractivity contribution < 1.29 is 23.0 Å². The number of esters is 1. The highest BCUT2D eigenvalue weighted by molar-refractivity contribution is 8.25. The van der Waals surface area contributed by atoms with Crippen LogP contribution in [0.4, 0.5) is 10.1 Å². The lowest BCUT2D eigenvalue weighted by Crippen LogP contribution is -2.35. The monoisotopic (exact) mass is 355 g/mol. The molecule has 1 aliphatic carbocycles. The molecule has 0 radical (unpaired) electrons. The van der Waals surface area contributed by atoms with Crippen molar-refractivity contribution in [1.82, 2.24) is 0 Å². The van der Waals surface area contributed by atoms with Gasteiger partial charge in [-0.15, -0.1) is 10.8 Å². The predicted molar refractivity (Wildman–Crippen MR) is 93.2 cm³/mol. The highest BCUT2D eigenvalue weighted by Gasteiger charge is 2.32. The van der Waals surface area contributed by atoms with Gasteiger partial charge in [0.25, 0.3) is 0 Å². The number of methoxy groups -OCH3 is 1. The summed E-state index contributed by atoms with van der Waals surface area (Å²) in [7, 11) is -1.86. The molecule has 1 heterocycles. The van der Waals surface area contributed by atoms with E-state index in [2.05, 4.69) is 6.08 Å². The summed E-state index contributed by atoms with van der Waals surface area (Å²) in [5.41, 5.74) is 0.709. The number of rotatable bonds is 3. The Morgan fingerprint density at radius 1 is 1.38 bits per heavy atom. The van der Waals surface area contributed by atoms with Gasteiger partial charge in [0.15, 0.2) is 5.82 Å². The van der Waals surface area contributed by atoms with Crippen LogP contribution >= 0.6 is 10.8 Å². The smallest absolute Gasteiger partial charge is 0.340 e. The van der Waals surface area contributed by atoms with Gasteiger partial charge >= 0.3 is 5.97 Å². The Morgan fingerprint density at radius 3 is 2.79 bits per heavy atom. The van der Waals surface area contributed by atoms with Crippen LogP contribution in [0.5, 0.6) is 0 Å². The zero-order valence-corrected chi connectivity index (χ0v) is 14.4.